The molecule has 8 heteroatoms. The average Bonchev–Trinajstić information content (AvgIpc) is 2.95. The summed E-state index contributed by atoms with van der Waals surface area (Å²) in [5.41, 5.74) is -1.49. The number of carbonyl (C=O) groups excluding carboxylic acids is 1. The van der Waals surface area contributed by atoms with E-state index >= 15 is 0 Å². The Morgan fingerprint density at radius 2 is 1.58 bits per heavy atom. The summed E-state index contributed by atoms with van der Waals surface area (Å²) in [6.45, 7) is 0. The fraction of sp³-hybridized carbons (Fsp3) is 0.0556. The quantitative estimate of drug-likeness (QED) is 0.464. The van der Waals surface area contributed by atoms with Gasteiger partial charge in [-0.2, -0.15) is 13.2 Å². The summed E-state index contributed by atoms with van der Waals surface area (Å²) < 4.78 is 67.4. The van der Waals surface area contributed by atoms with Gasteiger partial charge in [-0.15, -0.1) is 0 Å². The molecule has 1 aromatic heterocycles. The van der Waals surface area contributed by atoms with Crippen LogP contribution in [0.15, 0.2) is 59.1 Å². The van der Waals surface area contributed by atoms with Gasteiger partial charge in [0.05, 0.1) is 5.69 Å². The van der Waals surface area contributed by atoms with E-state index in [1.807, 2.05) is 0 Å². The van der Waals surface area contributed by atoms with Crippen molar-refractivity contribution in [3.8, 4) is 11.3 Å². The molecule has 134 valence electrons. The maximum absolute atomic E-state index is 13.6. The van der Waals surface area contributed by atoms with E-state index in [1.54, 1.807) is 6.07 Å². The van der Waals surface area contributed by atoms with Gasteiger partial charge in [-0.1, -0.05) is 18.2 Å². The zero-order valence-corrected chi connectivity index (χ0v) is 14.4. The first kappa shape index (κ1) is 18.3. The molecule has 0 bridgehead atoms. The standard InChI is InChI=1S/C18H9BrF5NO/c19-12-9-15(11-6-7-13(20)14(21)8-11)25(16(12)18(22,23)24)17(26)10-4-2-1-3-5-10/h1-9H. The predicted molar refractivity (Wildman–Crippen MR) is 88.7 cm³/mol. The number of carbonyl (C=O) groups is 1. The molecule has 3 aromatic rings. The Balaban J connectivity index is 2.29. The smallest absolute Gasteiger partial charge is 0.270 e. The Labute approximate surface area is 153 Å². The molecule has 0 aliphatic rings. The SMILES string of the molecule is O=C(c1ccccc1)n1c(-c2ccc(F)c(F)c2)cc(Br)c1C(F)(F)F. The minimum Gasteiger partial charge on any atom is -0.270 e. The van der Waals surface area contributed by atoms with Crippen molar-refractivity contribution in [2.45, 2.75) is 6.18 Å². The highest BCUT2D eigenvalue weighted by Crippen LogP contribution is 2.40. The van der Waals surface area contributed by atoms with Crippen LogP contribution >= 0.6 is 15.9 Å². The Bertz CT molecular complexity index is 979. The second-order valence-corrected chi connectivity index (χ2v) is 6.21. The molecule has 0 aliphatic carbocycles. The van der Waals surface area contributed by atoms with Crippen molar-refractivity contribution in [3.63, 3.8) is 0 Å². The Morgan fingerprint density at radius 3 is 2.15 bits per heavy atom. The normalized spacial score (nSPS) is 11.6. The third-order valence-electron chi connectivity index (χ3n) is 3.66. The second-order valence-electron chi connectivity index (χ2n) is 5.36. The van der Waals surface area contributed by atoms with E-state index in [9.17, 15) is 26.7 Å². The van der Waals surface area contributed by atoms with E-state index in [2.05, 4.69) is 15.9 Å². The van der Waals surface area contributed by atoms with Crippen LogP contribution in [0.25, 0.3) is 11.3 Å². The summed E-state index contributed by atoms with van der Waals surface area (Å²) in [7, 11) is 0. The Morgan fingerprint density at radius 1 is 0.923 bits per heavy atom. The van der Waals surface area contributed by atoms with Crippen molar-refractivity contribution < 1.29 is 26.7 Å². The fourth-order valence-corrected chi connectivity index (χ4v) is 3.15. The lowest BCUT2D eigenvalue weighted by atomic mass is 10.1. The van der Waals surface area contributed by atoms with Gasteiger partial charge in [0.2, 0.25) is 0 Å². The van der Waals surface area contributed by atoms with E-state index < -0.39 is 29.4 Å². The molecule has 0 N–H and O–H groups in total. The van der Waals surface area contributed by atoms with Gasteiger partial charge in [-0.25, -0.2) is 8.78 Å². The van der Waals surface area contributed by atoms with Crippen LogP contribution in [-0.2, 0) is 6.18 Å². The molecule has 0 atom stereocenters. The highest BCUT2D eigenvalue weighted by molar-refractivity contribution is 9.10. The molecule has 0 spiro atoms. The number of benzene rings is 2. The average molecular weight is 430 g/mol. The van der Waals surface area contributed by atoms with Crippen molar-refractivity contribution >= 4 is 21.8 Å². The lowest BCUT2D eigenvalue weighted by Gasteiger charge is -2.15. The Hall–Kier alpha value is -2.48. The van der Waals surface area contributed by atoms with Gasteiger partial charge in [0, 0.05) is 15.6 Å². The first-order valence-corrected chi connectivity index (χ1v) is 8.03. The van der Waals surface area contributed by atoms with E-state index in [4.69, 9.17) is 0 Å². The zero-order valence-electron chi connectivity index (χ0n) is 12.8. The van der Waals surface area contributed by atoms with Gasteiger partial charge < -0.3 is 0 Å². The van der Waals surface area contributed by atoms with E-state index in [1.165, 1.54) is 24.3 Å². The molecule has 0 saturated carbocycles. The number of aromatic nitrogens is 1. The van der Waals surface area contributed by atoms with Crippen molar-refractivity contribution in [3.05, 3.63) is 82.0 Å². The van der Waals surface area contributed by atoms with Crippen LogP contribution in [0.2, 0.25) is 0 Å². The fourth-order valence-electron chi connectivity index (χ4n) is 2.53. The van der Waals surface area contributed by atoms with Gasteiger partial charge in [0.1, 0.15) is 5.69 Å². The maximum atomic E-state index is 13.6. The summed E-state index contributed by atoms with van der Waals surface area (Å²) >= 11 is 2.81. The van der Waals surface area contributed by atoms with Gasteiger partial charge in [0.15, 0.2) is 11.6 Å². The number of alkyl halides is 3. The largest absolute Gasteiger partial charge is 0.432 e. The van der Waals surface area contributed by atoms with Crippen molar-refractivity contribution in [1.82, 2.24) is 4.57 Å². The number of hydrogen-bond acceptors (Lipinski definition) is 1. The minimum atomic E-state index is -4.85. The summed E-state index contributed by atoms with van der Waals surface area (Å²) in [5.74, 6) is -3.31. The highest BCUT2D eigenvalue weighted by atomic mass is 79.9. The third-order valence-corrected chi connectivity index (χ3v) is 4.27. The summed E-state index contributed by atoms with van der Waals surface area (Å²) in [4.78, 5) is 12.7. The lowest BCUT2D eigenvalue weighted by molar-refractivity contribution is -0.143. The maximum Gasteiger partial charge on any atom is 0.432 e. The number of nitrogens with zero attached hydrogens (tertiary/aromatic N) is 1. The molecule has 3 rings (SSSR count). The topological polar surface area (TPSA) is 22.0 Å². The van der Waals surface area contributed by atoms with Crippen LogP contribution in [0.3, 0.4) is 0 Å². The molecular formula is C18H9BrF5NO. The lowest BCUT2D eigenvalue weighted by Crippen LogP contribution is -2.22. The van der Waals surface area contributed by atoms with Gasteiger partial charge >= 0.3 is 6.18 Å². The van der Waals surface area contributed by atoms with Crippen LogP contribution < -0.4 is 0 Å². The van der Waals surface area contributed by atoms with Crippen molar-refractivity contribution in [2.24, 2.45) is 0 Å². The van der Waals surface area contributed by atoms with Gasteiger partial charge in [-0.05, 0) is 52.3 Å². The molecule has 0 unspecified atom stereocenters. The first-order valence-electron chi connectivity index (χ1n) is 7.23. The van der Waals surface area contributed by atoms with Crippen LogP contribution in [0.4, 0.5) is 22.0 Å². The second kappa shape index (κ2) is 6.68. The number of halogens is 6. The molecule has 0 amide bonds. The minimum absolute atomic E-state index is 0.0185. The summed E-state index contributed by atoms with van der Waals surface area (Å²) in [5, 5.41) is 0. The predicted octanol–water partition coefficient (Wildman–Crippen LogP) is 5.90. The number of rotatable bonds is 2. The van der Waals surface area contributed by atoms with E-state index in [-0.39, 0.29) is 21.3 Å². The zero-order chi connectivity index (χ0) is 19.1. The third kappa shape index (κ3) is 3.29. The van der Waals surface area contributed by atoms with E-state index in [0.717, 1.165) is 24.3 Å². The summed E-state index contributed by atoms with van der Waals surface area (Å²) in [6.07, 6.45) is -4.85. The van der Waals surface area contributed by atoms with Crippen LogP contribution in [0.1, 0.15) is 16.1 Å². The highest BCUT2D eigenvalue weighted by Gasteiger charge is 2.40. The molecular weight excluding hydrogens is 421 g/mol. The van der Waals surface area contributed by atoms with Crippen molar-refractivity contribution in [1.29, 1.82) is 0 Å². The molecule has 2 aromatic carbocycles. The molecule has 26 heavy (non-hydrogen) atoms. The monoisotopic (exact) mass is 429 g/mol. The molecule has 2 nitrogen and oxygen atoms in total. The molecule has 0 fully saturated rings. The Kier molecular flexibility index (Phi) is 4.70. The molecule has 0 aliphatic heterocycles. The van der Waals surface area contributed by atoms with Crippen LogP contribution in [0, 0.1) is 11.6 Å². The van der Waals surface area contributed by atoms with Crippen molar-refractivity contribution in [2.75, 3.05) is 0 Å². The molecule has 0 saturated heterocycles. The van der Waals surface area contributed by atoms with Crippen LogP contribution in [-0.4, -0.2) is 10.5 Å². The first-order chi connectivity index (χ1) is 12.2. The summed E-state index contributed by atoms with van der Waals surface area (Å²) in [6, 6.07) is 11.1. The van der Waals surface area contributed by atoms with Gasteiger partial charge in [-0.3, -0.25) is 9.36 Å². The van der Waals surface area contributed by atoms with Gasteiger partial charge in [0.25, 0.3) is 5.91 Å². The number of hydrogen-bond donors (Lipinski definition) is 0. The van der Waals surface area contributed by atoms with Crippen LogP contribution in [0.5, 0.6) is 0 Å². The van der Waals surface area contributed by atoms with E-state index in [0.29, 0.717) is 4.57 Å². The molecule has 0 radical (unpaired) electrons. The molecule has 1 heterocycles.